The highest BCUT2D eigenvalue weighted by atomic mass is 35.5. The van der Waals surface area contributed by atoms with Crippen molar-refractivity contribution in [1.29, 1.82) is 0 Å². The van der Waals surface area contributed by atoms with Crippen molar-refractivity contribution >= 4 is 30.1 Å². The predicted octanol–water partition coefficient (Wildman–Crippen LogP) is 3.04. The number of carbonyl (C=O) groups is 1. The van der Waals surface area contributed by atoms with Crippen molar-refractivity contribution in [2.45, 2.75) is 18.3 Å². The molecule has 15 heavy (non-hydrogen) atoms. The Morgan fingerprint density at radius 2 is 1.93 bits per heavy atom. The van der Waals surface area contributed by atoms with Gasteiger partial charge in [0.1, 0.15) is 5.50 Å². The maximum atomic E-state index is 10.3. The van der Waals surface area contributed by atoms with Gasteiger partial charge in [0.15, 0.2) is 0 Å². The summed E-state index contributed by atoms with van der Waals surface area (Å²) in [5, 5.41) is 10.7. The molecule has 0 aliphatic heterocycles. The lowest BCUT2D eigenvalue weighted by molar-refractivity contribution is 0.192. The van der Waals surface area contributed by atoms with Crippen LogP contribution in [0, 0.1) is 0 Å². The van der Waals surface area contributed by atoms with Crippen molar-refractivity contribution in [2.75, 3.05) is 0 Å². The van der Waals surface area contributed by atoms with Crippen LogP contribution in [-0.2, 0) is 0 Å². The quantitative estimate of drug-likeness (QED) is 0.639. The number of benzene rings is 1. The van der Waals surface area contributed by atoms with Gasteiger partial charge in [0.2, 0.25) is 0 Å². The molecule has 0 bridgehead atoms. The van der Waals surface area contributed by atoms with Crippen LogP contribution in [-0.4, -0.2) is 16.7 Å². The maximum Gasteiger partial charge on any atom is 0.405 e. The van der Waals surface area contributed by atoms with Crippen LogP contribution in [0.4, 0.5) is 4.79 Å². The summed E-state index contributed by atoms with van der Waals surface area (Å²) in [5.41, 5.74) is 0.413. The standard InChI is InChI=1S/C10H12ClNO2.ClH/c1-7(9(11)12-10(13)14)8-5-3-2-4-6-8;/h2-7,9,12H,1H3,(H,13,14);1H. The summed E-state index contributed by atoms with van der Waals surface area (Å²) in [7, 11) is 0. The molecule has 2 atom stereocenters. The summed E-state index contributed by atoms with van der Waals surface area (Å²) >= 11 is 5.87. The Morgan fingerprint density at radius 1 is 1.40 bits per heavy atom. The first kappa shape index (κ1) is 14.1. The van der Waals surface area contributed by atoms with Crippen LogP contribution < -0.4 is 5.32 Å². The molecule has 0 aliphatic carbocycles. The summed E-state index contributed by atoms with van der Waals surface area (Å²) in [4.78, 5) is 10.3. The maximum absolute atomic E-state index is 10.3. The summed E-state index contributed by atoms with van der Waals surface area (Å²) in [6, 6.07) is 9.55. The van der Waals surface area contributed by atoms with E-state index < -0.39 is 11.6 Å². The first-order chi connectivity index (χ1) is 6.61. The van der Waals surface area contributed by atoms with E-state index in [1.54, 1.807) is 0 Å². The molecular formula is C10H13Cl2NO2. The Kier molecular flexibility index (Phi) is 6.13. The third-order valence-corrected chi connectivity index (χ3v) is 2.51. The van der Waals surface area contributed by atoms with Crippen LogP contribution in [0.3, 0.4) is 0 Å². The molecule has 1 amide bonds. The average Bonchev–Trinajstić information content (AvgIpc) is 2.17. The number of rotatable bonds is 3. The molecule has 0 fully saturated rings. The smallest absolute Gasteiger partial charge is 0.405 e. The SMILES string of the molecule is CC(c1ccccc1)C(Cl)NC(=O)O.Cl. The fraction of sp³-hybridized carbons (Fsp3) is 0.300. The van der Waals surface area contributed by atoms with Gasteiger partial charge in [0, 0.05) is 5.92 Å². The lowest BCUT2D eigenvalue weighted by Gasteiger charge is -2.17. The molecule has 1 aromatic rings. The van der Waals surface area contributed by atoms with E-state index in [1.165, 1.54) is 0 Å². The summed E-state index contributed by atoms with van der Waals surface area (Å²) in [6.45, 7) is 1.88. The Morgan fingerprint density at radius 3 is 2.40 bits per heavy atom. The third-order valence-electron chi connectivity index (χ3n) is 2.03. The van der Waals surface area contributed by atoms with E-state index in [9.17, 15) is 4.79 Å². The fourth-order valence-corrected chi connectivity index (χ4v) is 1.41. The van der Waals surface area contributed by atoms with Gasteiger partial charge in [-0.1, -0.05) is 48.9 Å². The van der Waals surface area contributed by atoms with Gasteiger partial charge in [-0.05, 0) is 5.56 Å². The topological polar surface area (TPSA) is 49.3 Å². The van der Waals surface area contributed by atoms with Crippen LogP contribution in [0.25, 0.3) is 0 Å². The second-order valence-electron chi connectivity index (χ2n) is 3.05. The van der Waals surface area contributed by atoms with Gasteiger partial charge in [-0.15, -0.1) is 12.4 Å². The Labute approximate surface area is 99.9 Å². The van der Waals surface area contributed by atoms with Gasteiger partial charge < -0.3 is 10.4 Å². The number of halogens is 2. The number of nitrogens with one attached hydrogen (secondary N) is 1. The molecule has 3 nitrogen and oxygen atoms in total. The minimum absolute atomic E-state index is 0. The van der Waals surface area contributed by atoms with Gasteiger partial charge in [-0.25, -0.2) is 4.79 Å². The molecule has 0 saturated carbocycles. The van der Waals surface area contributed by atoms with E-state index in [-0.39, 0.29) is 18.3 Å². The van der Waals surface area contributed by atoms with Crippen LogP contribution in [0.15, 0.2) is 30.3 Å². The van der Waals surface area contributed by atoms with Crippen molar-refractivity contribution in [2.24, 2.45) is 0 Å². The zero-order valence-corrected chi connectivity index (χ0v) is 9.76. The Hall–Kier alpha value is -0.930. The minimum Gasteiger partial charge on any atom is -0.465 e. The predicted molar refractivity (Wildman–Crippen MR) is 62.9 cm³/mol. The van der Waals surface area contributed by atoms with Crippen LogP contribution in [0.1, 0.15) is 18.4 Å². The lowest BCUT2D eigenvalue weighted by Crippen LogP contribution is -2.33. The number of hydrogen-bond acceptors (Lipinski definition) is 1. The van der Waals surface area contributed by atoms with Crippen molar-refractivity contribution in [1.82, 2.24) is 5.32 Å². The van der Waals surface area contributed by atoms with Crippen molar-refractivity contribution in [3.05, 3.63) is 35.9 Å². The molecule has 0 saturated heterocycles. The second kappa shape index (κ2) is 6.53. The van der Waals surface area contributed by atoms with Gasteiger partial charge >= 0.3 is 6.09 Å². The second-order valence-corrected chi connectivity index (χ2v) is 3.52. The zero-order chi connectivity index (χ0) is 10.6. The normalized spacial score (nSPS) is 13.5. The Bertz CT molecular complexity index is 306. The Balaban J connectivity index is 0.00000196. The van der Waals surface area contributed by atoms with Gasteiger partial charge in [0.05, 0.1) is 0 Å². The molecule has 1 rings (SSSR count). The summed E-state index contributed by atoms with van der Waals surface area (Å²) in [5.74, 6) is -0.0473. The molecule has 2 N–H and O–H groups in total. The largest absolute Gasteiger partial charge is 0.465 e. The number of alkyl halides is 1. The van der Waals surface area contributed by atoms with Crippen molar-refractivity contribution < 1.29 is 9.90 Å². The molecular weight excluding hydrogens is 237 g/mol. The van der Waals surface area contributed by atoms with Crippen molar-refractivity contribution in [3.63, 3.8) is 0 Å². The minimum atomic E-state index is -1.10. The molecule has 0 radical (unpaired) electrons. The van der Waals surface area contributed by atoms with Gasteiger partial charge in [0.25, 0.3) is 0 Å². The lowest BCUT2D eigenvalue weighted by atomic mass is 10.0. The van der Waals surface area contributed by atoms with E-state index in [0.717, 1.165) is 5.56 Å². The highest BCUT2D eigenvalue weighted by Gasteiger charge is 2.17. The van der Waals surface area contributed by atoms with E-state index in [1.807, 2.05) is 37.3 Å². The zero-order valence-electron chi connectivity index (χ0n) is 8.18. The summed E-state index contributed by atoms with van der Waals surface area (Å²) in [6.07, 6.45) is -1.10. The highest BCUT2D eigenvalue weighted by molar-refractivity contribution is 6.21. The highest BCUT2D eigenvalue weighted by Crippen LogP contribution is 2.20. The molecule has 0 spiro atoms. The number of amides is 1. The van der Waals surface area contributed by atoms with E-state index in [0.29, 0.717) is 0 Å². The molecule has 0 aliphatic rings. The van der Waals surface area contributed by atoms with E-state index >= 15 is 0 Å². The van der Waals surface area contributed by atoms with Crippen LogP contribution in [0.2, 0.25) is 0 Å². The van der Waals surface area contributed by atoms with E-state index in [2.05, 4.69) is 5.32 Å². The van der Waals surface area contributed by atoms with E-state index in [4.69, 9.17) is 16.7 Å². The fourth-order valence-electron chi connectivity index (χ4n) is 1.17. The number of hydrogen-bond donors (Lipinski definition) is 2. The molecule has 84 valence electrons. The van der Waals surface area contributed by atoms with Gasteiger partial charge in [-0.2, -0.15) is 0 Å². The van der Waals surface area contributed by atoms with Crippen molar-refractivity contribution in [3.8, 4) is 0 Å². The average molecular weight is 250 g/mol. The molecule has 1 aromatic carbocycles. The monoisotopic (exact) mass is 249 g/mol. The molecule has 0 aromatic heterocycles. The number of carboxylic acid groups (broad SMARTS) is 1. The van der Waals surface area contributed by atoms with Crippen LogP contribution >= 0.6 is 24.0 Å². The van der Waals surface area contributed by atoms with Crippen LogP contribution in [0.5, 0.6) is 0 Å². The first-order valence-electron chi connectivity index (χ1n) is 4.29. The van der Waals surface area contributed by atoms with Gasteiger partial charge in [-0.3, -0.25) is 0 Å². The summed E-state index contributed by atoms with van der Waals surface area (Å²) < 4.78 is 0. The molecule has 0 heterocycles. The molecule has 5 heteroatoms. The first-order valence-corrected chi connectivity index (χ1v) is 4.73. The molecule has 2 unspecified atom stereocenters. The third kappa shape index (κ3) is 4.40.